The maximum absolute atomic E-state index is 12.1. The Bertz CT molecular complexity index is 2800. The highest BCUT2D eigenvalue weighted by Crippen LogP contribution is 2.47. The van der Waals surface area contributed by atoms with Gasteiger partial charge >= 0.3 is 0 Å². The topological polar surface area (TPSA) is 136 Å². The Balaban J connectivity index is 0.000000170. The second-order valence-electron chi connectivity index (χ2n) is 18.5. The second kappa shape index (κ2) is 21.0. The highest BCUT2D eigenvalue weighted by atomic mass is 35.5. The van der Waals surface area contributed by atoms with Gasteiger partial charge in [-0.1, -0.05) is 47.5 Å². The van der Waals surface area contributed by atoms with Crippen LogP contribution in [0, 0.1) is 11.8 Å². The average Bonchev–Trinajstić information content (AvgIpc) is 4.01. The first-order chi connectivity index (χ1) is 32.8. The summed E-state index contributed by atoms with van der Waals surface area (Å²) in [5, 5.41) is 1.45. The molecule has 2 saturated heterocycles. The summed E-state index contributed by atoms with van der Waals surface area (Å²) in [4.78, 5) is 18.0. The molecule has 6 aromatic rings. The van der Waals surface area contributed by atoms with Crippen molar-refractivity contribution in [1.82, 2.24) is 37.7 Å². The molecular formula is C52H58Cl2N8O4S2. The fourth-order valence-electron chi connectivity index (χ4n) is 10.8. The number of sulfonamides is 2. The fourth-order valence-corrected chi connectivity index (χ4v) is 12.9. The first kappa shape index (κ1) is 48.1. The van der Waals surface area contributed by atoms with Crippen molar-refractivity contribution in [3.8, 4) is 0 Å². The number of hydrogen-bond acceptors (Lipinski definition) is 8. The van der Waals surface area contributed by atoms with Gasteiger partial charge in [-0.3, -0.25) is 9.97 Å². The van der Waals surface area contributed by atoms with Crippen LogP contribution in [0.3, 0.4) is 0 Å². The predicted octanol–water partition coefficient (Wildman–Crippen LogP) is 10.1. The van der Waals surface area contributed by atoms with Gasteiger partial charge in [0.25, 0.3) is 0 Å². The van der Waals surface area contributed by atoms with Crippen molar-refractivity contribution in [1.29, 1.82) is 0 Å². The van der Waals surface area contributed by atoms with Crippen molar-refractivity contribution in [3.05, 3.63) is 165 Å². The molecule has 0 bridgehead atoms. The number of allylic oxidation sites excluding steroid dienone is 2. The molecule has 2 fully saturated rings. The quantitative estimate of drug-likeness (QED) is 0.118. The molecule has 4 aliphatic rings. The number of imidazole rings is 2. The molecule has 2 aromatic carbocycles. The lowest BCUT2D eigenvalue weighted by Gasteiger charge is -2.35. The van der Waals surface area contributed by atoms with Crippen LogP contribution in [0.1, 0.15) is 108 Å². The molecule has 0 radical (unpaired) electrons. The number of benzene rings is 2. The zero-order chi connectivity index (χ0) is 47.4. The van der Waals surface area contributed by atoms with Crippen LogP contribution in [-0.4, -0.2) is 93.2 Å². The molecular weight excluding hydrogens is 936 g/mol. The van der Waals surface area contributed by atoms with Crippen LogP contribution in [0.25, 0.3) is 23.3 Å². The maximum Gasteiger partial charge on any atom is 0.211 e. The number of halogens is 2. The summed E-state index contributed by atoms with van der Waals surface area (Å²) in [6.45, 7) is 4.01. The molecule has 0 N–H and O–H groups in total. The van der Waals surface area contributed by atoms with Crippen LogP contribution < -0.4 is 0 Å². The van der Waals surface area contributed by atoms with Gasteiger partial charge in [-0.25, -0.2) is 35.4 Å². The number of fused-ring (bicyclic) bond motifs is 4. The van der Waals surface area contributed by atoms with Crippen molar-refractivity contribution in [2.75, 3.05) is 38.7 Å². The number of aromatic nitrogens is 6. The van der Waals surface area contributed by atoms with Crippen LogP contribution in [0.4, 0.5) is 0 Å². The van der Waals surface area contributed by atoms with E-state index in [2.05, 4.69) is 67.7 Å². The molecule has 0 amide bonds. The lowest BCUT2D eigenvalue weighted by molar-refractivity contribution is 0.256. The third-order valence-corrected chi connectivity index (χ3v) is 17.2. The second-order valence-corrected chi connectivity index (χ2v) is 23.4. The van der Waals surface area contributed by atoms with Crippen LogP contribution in [0.2, 0.25) is 10.0 Å². The molecule has 356 valence electrons. The molecule has 0 saturated carbocycles. The Kier molecular flexibility index (Phi) is 14.8. The van der Waals surface area contributed by atoms with E-state index in [1.807, 2.05) is 74.1 Å². The molecule has 10 rings (SSSR count). The van der Waals surface area contributed by atoms with Crippen LogP contribution in [0.15, 0.2) is 110 Å². The largest absolute Gasteiger partial charge is 0.337 e. The number of rotatable bonds is 12. The standard InChI is InChI=1S/2C26H29ClN4O2S/c2*1-34(32,33)31-13-8-19(9-14-31)25-23-7-6-22(27)17-24(23)20(5-3-12-30-15-11-28-18-30)16-21-4-2-10-29-26(21)25/h2*2,4,6-7,10-11,15-19,25H,3,5,8-9,12-14H2,1H3. The van der Waals surface area contributed by atoms with Gasteiger partial charge in [0, 0.05) is 98.3 Å². The van der Waals surface area contributed by atoms with E-state index in [4.69, 9.17) is 33.2 Å². The summed E-state index contributed by atoms with van der Waals surface area (Å²) in [6, 6.07) is 20.7. The summed E-state index contributed by atoms with van der Waals surface area (Å²) >= 11 is 13.0. The molecule has 2 atom stereocenters. The van der Waals surface area contributed by atoms with Gasteiger partial charge in [-0.05, 0) is 156 Å². The summed E-state index contributed by atoms with van der Waals surface area (Å²) in [6.07, 6.45) is 29.2. The summed E-state index contributed by atoms with van der Waals surface area (Å²) in [7, 11) is -6.34. The van der Waals surface area contributed by atoms with Crippen molar-refractivity contribution in [2.45, 2.75) is 76.3 Å². The molecule has 2 unspecified atom stereocenters. The Morgan fingerprint density at radius 3 is 1.35 bits per heavy atom. The lowest BCUT2D eigenvalue weighted by atomic mass is 9.76. The van der Waals surface area contributed by atoms with E-state index in [-0.39, 0.29) is 11.8 Å². The van der Waals surface area contributed by atoms with Crippen molar-refractivity contribution < 1.29 is 16.8 Å². The smallest absolute Gasteiger partial charge is 0.211 e. The fraction of sp³-hybridized carbons (Fsp3) is 0.385. The van der Waals surface area contributed by atoms with E-state index >= 15 is 0 Å². The van der Waals surface area contributed by atoms with Crippen molar-refractivity contribution >= 4 is 66.5 Å². The van der Waals surface area contributed by atoms with E-state index in [1.54, 1.807) is 8.61 Å². The summed E-state index contributed by atoms with van der Waals surface area (Å²) in [5.41, 5.74) is 11.8. The minimum atomic E-state index is -3.17. The molecule has 68 heavy (non-hydrogen) atoms. The summed E-state index contributed by atoms with van der Waals surface area (Å²) < 4.78 is 55.7. The summed E-state index contributed by atoms with van der Waals surface area (Å²) in [5.74, 6) is 0.829. The third kappa shape index (κ3) is 11.1. The van der Waals surface area contributed by atoms with E-state index in [0.717, 1.165) is 97.0 Å². The van der Waals surface area contributed by atoms with Crippen molar-refractivity contribution in [2.24, 2.45) is 11.8 Å². The van der Waals surface area contributed by atoms with Gasteiger partial charge in [-0.2, -0.15) is 0 Å². The van der Waals surface area contributed by atoms with E-state index in [9.17, 15) is 16.8 Å². The van der Waals surface area contributed by atoms with E-state index < -0.39 is 20.0 Å². The number of piperidine rings is 2. The Morgan fingerprint density at radius 2 is 0.985 bits per heavy atom. The molecule has 2 aliphatic heterocycles. The highest BCUT2D eigenvalue weighted by molar-refractivity contribution is 7.88. The lowest BCUT2D eigenvalue weighted by Crippen LogP contribution is -2.39. The highest BCUT2D eigenvalue weighted by Gasteiger charge is 2.37. The average molecular weight is 994 g/mol. The first-order valence-corrected chi connectivity index (χ1v) is 28.0. The van der Waals surface area contributed by atoms with Crippen LogP contribution in [-0.2, 0) is 33.1 Å². The van der Waals surface area contributed by atoms with E-state index in [1.165, 1.54) is 45.9 Å². The molecule has 2 aliphatic carbocycles. The zero-order valence-electron chi connectivity index (χ0n) is 38.5. The first-order valence-electron chi connectivity index (χ1n) is 23.5. The number of hydrogen-bond donors (Lipinski definition) is 0. The predicted molar refractivity (Wildman–Crippen MR) is 272 cm³/mol. The number of nitrogens with zero attached hydrogens (tertiary/aromatic N) is 8. The SMILES string of the molecule is CS(=O)(=O)N1CCC(C2c3ccc(Cl)cc3C(CCCn3ccnc3)=Cc3cccnc32)CC1.CS(=O)(=O)N1CCC(C2c3ccc(Cl)cc3C(CCCn3ccnc3)=Cc3cccnc32)CC1. The van der Waals surface area contributed by atoms with Crippen LogP contribution >= 0.6 is 23.2 Å². The molecule has 0 spiro atoms. The number of aryl methyl sites for hydroxylation is 2. The van der Waals surface area contributed by atoms with Gasteiger partial charge in [-0.15, -0.1) is 0 Å². The van der Waals surface area contributed by atoms with Crippen molar-refractivity contribution in [3.63, 3.8) is 0 Å². The monoisotopic (exact) mass is 992 g/mol. The van der Waals surface area contributed by atoms with Gasteiger partial charge in [0.1, 0.15) is 0 Å². The Hall–Kier alpha value is -4.96. The van der Waals surface area contributed by atoms with Crippen LogP contribution in [0.5, 0.6) is 0 Å². The third-order valence-electron chi connectivity index (χ3n) is 14.1. The Labute approximate surface area is 410 Å². The Morgan fingerprint density at radius 1 is 0.574 bits per heavy atom. The van der Waals surface area contributed by atoms with Gasteiger partial charge in [0.2, 0.25) is 20.0 Å². The normalized spacial score (nSPS) is 19.2. The molecule has 12 nitrogen and oxygen atoms in total. The minimum absolute atomic E-state index is 0.104. The molecule has 16 heteroatoms. The number of pyridine rings is 2. The van der Waals surface area contributed by atoms with Gasteiger partial charge in [0.15, 0.2) is 0 Å². The van der Waals surface area contributed by atoms with Gasteiger partial charge < -0.3 is 9.13 Å². The minimum Gasteiger partial charge on any atom is -0.337 e. The molecule has 4 aromatic heterocycles. The van der Waals surface area contributed by atoms with E-state index in [0.29, 0.717) is 38.0 Å². The molecule has 6 heterocycles. The zero-order valence-corrected chi connectivity index (χ0v) is 41.7. The van der Waals surface area contributed by atoms with Gasteiger partial charge in [0.05, 0.1) is 36.6 Å². The maximum atomic E-state index is 12.1.